The molecule has 1 aromatic rings. The minimum absolute atomic E-state index is 0.563. The quantitative estimate of drug-likeness (QED) is 0.836. The van der Waals surface area contributed by atoms with Gasteiger partial charge in [0.05, 0.1) is 0 Å². The summed E-state index contributed by atoms with van der Waals surface area (Å²) in [6, 6.07) is 2.90. The SMILES string of the molecule is Cc1cc(C2CCCCN2CC(C)C)cnc1N(C)C. The molecule has 0 aromatic carbocycles. The van der Waals surface area contributed by atoms with E-state index < -0.39 is 0 Å². The third kappa shape index (κ3) is 3.51. The molecule has 1 atom stereocenters. The lowest BCUT2D eigenvalue weighted by Crippen LogP contribution is -2.36. The number of hydrogen-bond acceptors (Lipinski definition) is 3. The van der Waals surface area contributed by atoms with Crippen molar-refractivity contribution in [1.82, 2.24) is 9.88 Å². The maximum atomic E-state index is 4.67. The maximum absolute atomic E-state index is 4.67. The van der Waals surface area contributed by atoms with Crippen LogP contribution in [-0.2, 0) is 0 Å². The number of pyridine rings is 1. The minimum Gasteiger partial charge on any atom is -0.363 e. The molecule has 3 heteroatoms. The molecule has 1 unspecified atom stereocenters. The molecule has 20 heavy (non-hydrogen) atoms. The van der Waals surface area contributed by atoms with E-state index in [4.69, 9.17) is 0 Å². The lowest BCUT2D eigenvalue weighted by atomic mass is 9.94. The topological polar surface area (TPSA) is 19.4 Å². The Balaban J connectivity index is 2.21. The lowest BCUT2D eigenvalue weighted by molar-refractivity contribution is 0.132. The highest BCUT2D eigenvalue weighted by Gasteiger charge is 2.25. The summed E-state index contributed by atoms with van der Waals surface area (Å²) in [6.07, 6.45) is 6.04. The molecule has 1 aromatic heterocycles. The van der Waals surface area contributed by atoms with Crippen LogP contribution in [0, 0.1) is 12.8 Å². The Morgan fingerprint density at radius 1 is 1.35 bits per heavy atom. The number of aryl methyl sites for hydroxylation is 1. The van der Waals surface area contributed by atoms with E-state index in [-0.39, 0.29) is 0 Å². The van der Waals surface area contributed by atoms with E-state index in [1.165, 1.54) is 43.5 Å². The molecule has 2 rings (SSSR count). The van der Waals surface area contributed by atoms with Crippen LogP contribution in [0.5, 0.6) is 0 Å². The molecule has 0 spiro atoms. The van der Waals surface area contributed by atoms with Gasteiger partial charge in [-0.15, -0.1) is 0 Å². The standard InChI is InChI=1S/C17H29N3/c1-13(2)12-20-9-7-6-8-16(20)15-10-14(3)17(18-11-15)19(4)5/h10-11,13,16H,6-9,12H2,1-5H3. The first-order valence-electron chi connectivity index (χ1n) is 7.87. The molecule has 1 aliphatic rings. The van der Waals surface area contributed by atoms with Gasteiger partial charge in [-0.25, -0.2) is 4.98 Å². The molecule has 1 aliphatic heterocycles. The van der Waals surface area contributed by atoms with Crippen molar-refractivity contribution in [2.45, 2.75) is 46.1 Å². The molecule has 1 saturated heterocycles. The summed E-state index contributed by atoms with van der Waals surface area (Å²) in [5, 5.41) is 0. The highest BCUT2D eigenvalue weighted by molar-refractivity contribution is 5.46. The molecule has 3 nitrogen and oxygen atoms in total. The molecule has 0 amide bonds. The summed E-state index contributed by atoms with van der Waals surface area (Å²) in [5.74, 6) is 1.81. The van der Waals surface area contributed by atoms with Gasteiger partial charge in [0, 0.05) is 32.9 Å². The Kier molecular flexibility index (Phi) is 5.03. The van der Waals surface area contributed by atoms with Crippen LogP contribution in [-0.4, -0.2) is 37.1 Å². The monoisotopic (exact) mass is 275 g/mol. The van der Waals surface area contributed by atoms with Crippen molar-refractivity contribution in [1.29, 1.82) is 0 Å². The van der Waals surface area contributed by atoms with Crippen LogP contribution in [0.3, 0.4) is 0 Å². The van der Waals surface area contributed by atoms with Gasteiger partial charge in [0.25, 0.3) is 0 Å². The molecule has 112 valence electrons. The lowest BCUT2D eigenvalue weighted by Gasteiger charge is -2.37. The summed E-state index contributed by atoms with van der Waals surface area (Å²) < 4.78 is 0. The molecule has 0 saturated carbocycles. The van der Waals surface area contributed by atoms with Crippen molar-refractivity contribution < 1.29 is 0 Å². The van der Waals surface area contributed by atoms with Crippen molar-refractivity contribution in [3.8, 4) is 0 Å². The van der Waals surface area contributed by atoms with Gasteiger partial charge in [0.1, 0.15) is 5.82 Å². The third-order valence-electron chi connectivity index (χ3n) is 4.09. The molecule has 0 bridgehead atoms. The van der Waals surface area contributed by atoms with E-state index in [0.717, 1.165) is 11.7 Å². The van der Waals surface area contributed by atoms with Crippen LogP contribution in [0.2, 0.25) is 0 Å². The highest BCUT2D eigenvalue weighted by atomic mass is 15.2. The summed E-state index contributed by atoms with van der Waals surface area (Å²) in [6.45, 7) is 9.21. The average Bonchev–Trinajstić information content (AvgIpc) is 2.38. The van der Waals surface area contributed by atoms with Gasteiger partial charge in [-0.3, -0.25) is 4.90 Å². The summed E-state index contributed by atoms with van der Waals surface area (Å²) in [4.78, 5) is 9.41. The fraction of sp³-hybridized carbons (Fsp3) is 0.706. The highest BCUT2D eigenvalue weighted by Crippen LogP contribution is 2.32. The second kappa shape index (κ2) is 6.57. The molecular weight excluding hydrogens is 246 g/mol. The smallest absolute Gasteiger partial charge is 0.130 e. The number of anilines is 1. The van der Waals surface area contributed by atoms with Gasteiger partial charge < -0.3 is 4.90 Å². The first kappa shape index (κ1) is 15.3. The summed E-state index contributed by atoms with van der Waals surface area (Å²) >= 11 is 0. The molecular formula is C17H29N3. The van der Waals surface area contributed by atoms with Crippen molar-refractivity contribution in [3.63, 3.8) is 0 Å². The predicted molar refractivity (Wildman–Crippen MR) is 86.3 cm³/mol. The molecule has 0 aliphatic carbocycles. The molecule has 0 radical (unpaired) electrons. The Morgan fingerprint density at radius 3 is 2.70 bits per heavy atom. The van der Waals surface area contributed by atoms with Crippen LogP contribution in [0.1, 0.15) is 50.3 Å². The number of hydrogen-bond donors (Lipinski definition) is 0. The van der Waals surface area contributed by atoms with Gasteiger partial charge in [0.2, 0.25) is 0 Å². The predicted octanol–water partition coefficient (Wildman–Crippen LogP) is 3.64. The number of likely N-dealkylation sites (tertiary alicyclic amines) is 1. The molecule has 1 fully saturated rings. The molecule has 0 N–H and O–H groups in total. The van der Waals surface area contributed by atoms with Crippen LogP contribution >= 0.6 is 0 Å². The van der Waals surface area contributed by atoms with Crippen LogP contribution in [0.15, 0.2) is 12.3 Å². The Labute approximate surface area is 124 Å². The largest absolute Gasteiger partial charge is 0.363 e. The third-order valence-corrected chi connectivity index (χ3v) is 4.09. The number of aromatic nitrogens is 1. The zero-order valence-electron chi connectivity index (χ0n) is 13.7. The first-order chi connectivity index (χ1) is 9.49. The van der Waals surface area contributed by atoms with E-state index >= 15 is 0 Å². The first-order valence-corrected chi connectivity index (χ1v) is 7.87. The Morgan fingerprint density at radius 2 is 2.10 bits per heavy atom. The average molecular weight is 275 g/mol. The number of nitrogens with zero attached hydrogens (tertiary/aromatic N) is 3. The Hall–Kier alpha value is -1.09. The van der Waals surface area contributed by atoms with Crippen LogP contribution < -0.4 is 4.90 Å². The van der Waals surface area contributed by atoms with E-state index in [1.807, 2.05) is 0 Å². The van der Waals surface area contributed by atoms with Crippen LogP contribution in [0.4, 0.5) is 5.82 Å². The van der Waals surface area contributed by atoms with Crippen molar-refractivity contribution >= 4 is 5.82 Å². The number of piperidine rings is 1. The summed E-state index contributed by atoms with van der Waals surface area (Å²) in [5.41, 5.74) is 2.68. The van der Waals surface area contributed by atoms with E-state index in [0.29, 0.717) is 6.04 Å². The zero-order chi connectivity index (χ0) is 14.7. The van der Waals surface area contributed by atoms with Gasteiger partial charge in [-0.05, 0) is 49.4 Å². The normalized spacial score (nSPS) is 20.4. The fourth-order valence-electron chi connectivity index (χ4n) is 3.30. The van der Waals surface area contributed by atoms with Gasteiger partial charge >= 0.3 is 0 Å². The zero-order valence-corrected chi connectivity index (χ0v) is 13.7. The summed E-state index contributed by atoms with van der Waals surface area (Å²) in [7, 11) is 4.11. The fourth-order valence-corrected chi connectivity index (χ4v) is 3.30. The number of rotatable bonds is 4. The van der Waals surface area contributed by atoms with Crippen molar-refractivity contribution in [2.75, 3.05) is 32.1 Å². The van der Waals surface area contributed by atoms with E-state index in [2.05, 4.69) is 61.9 Å². The van der Waals surface area contributed by atoms with E-state index in [1.54, 1.807) is 0 Å². The van der Waals surface area contributed by atoms with Crippen molar-refractivity contribution in [2.24, 2.45) is 5.92 Å². The van der Waals surface area contributed by atoms with E-state index in [9.17, 15) is 0 Å². The Bertz CT molecular complexity index is 440. The van der Waals surface area contributed by atoms with Gasteiger partial charge in [0.15, 0.2) is 0 Å². The second-order valence-corrected chi connectivity index (χ2v) is 6.70. The van der Waals surface area contributed by atoms with Gasteiger partial charge in [-0.1, -0.05) is 20.3 Å². The minimum atomic E-state index is 0.563. The second-order valence-electron chi connectivity index (χ2n) is 6.70. The van der Waals surface area contributed by atoms with Crippen molar-refractivity contribution in [3.05, 3.63) is 23.4 Å². The maximum Gasteiger partial charge on any atom is 0.130 e. The molecule has 2 heterocycles. The van der Waals surface area contributed by atoms with Crippen LogP contribution in [0.25, 0.3) is 0 Å². The van der Waals surface area contributed by atoms with Gasteiger partial charge in [-0.2, -0.15) is 0 Å².